The molecule has 0 fully saturated rings. The number of nitrogens with one attached hydrogen (secondary N) is 1. The van der Waals surface area contributed by atoms with Crippen molar-refractivity contribution in [2.75, 3.05) is 13.2 Å². The van der Waals surface area contributed by atoms with Gasteiger partial charge in [-0.25, -0.2) is 9.97 Å². The molecule has 0 radical (unpaired) electrons. The molecule has 1 N–H and O–H groups in total. The van der Waals surface area contributed by atoms with Gasteiger partial charge in [0.1, 0.15) is 5.75 Å². The maximum Gasteiger partial charge on any atom is 0.254 e. The Labute approximate surface area is 164 Å². The lowest BCUT2D eigenvalue weighted by atomic mass is 9.97. The number of nitrogens with zero attached hydrogens (tertiary/aromatic N) is 3. The van der Waals surface area contributed by atoms with E-state index in [2.05, 4.69) is 26.3 Å². The topological polar surface area (TPSA) is 77.0 Å². The Hall–Kier alpha value is -3.28. The molecule has 0 aliphatic carbocycles. The zero-order chi connectivity index (χ0) is 19.3. The molecule has 6 nitrogen and oxygen atoms in total. The Kier molecular flexibility index (Phi) is 5.28. The monoisotopic (exact) mass is 374 g/mol. The fraction of sp³-hybridized carbons (Fsp3) is 0.273. The number of carbonyl (C=O) groups is 1. The van der Waals surface area contributed by atoms with Gasteiger partial charge in [0.25, 0.3) is 5.91 Å². The number of carbonyl (C=O) groups excluding carboxylic acids is 1. The Balaban J connectivity index is 1.41. The van der Waals surface area contributed by atoms with Gasteiger partial charge >= 0.3 is 0 Å². The Morgan fingerprint density at radius 1 is 1.21 bits per heavy atom. The number of hydrogen-bond acceptors (Lipinski definition) is 5. The molecule has 142 valence electrons. The van der Waals surface area contributed by atoms with Crippen molar-refractivity contribution < 1.29 is 9.53 Å². The summed E-state index contributed by atoms with van der Waals surface area (Å²) >= 11 is 0. The second-order valence-electron chi connectivity index (χ2n) is 6.96. The van der Waals surface area contributed by atoms with Crippen LogP contribution >= 0.6 is 0 Å². The number of benzene rings is 1. The van der Waals surface area contributed by atoms with Crippen LogP contribution in [0.15, 0.2) is 55.0 Å². The molecule has 1 aliphatic heterocycles. The van der Waals surface area contributed by atoms with Crippen molar-refractivity contribution >= 4 is 5.91 Å². The van der Waals surface area contributed by atoms with E-state index >= 15 is 0 Å². The van der Waals surface area contributed by atoms with Gasteiger partial charge < -0.3 is 10.1 Å². The molecule has 1 aromatic carbocycles. The van der Waals surface area contributed by atoms with E-state index in [4.69, 9.17) is 4.74 Å². The fourth-order valence-electron chi connectivity index (χ4n) is 3.39. The highest BCUT2D eigenvalue weighted by Crippen LogP contribution is 2.26. The van der Waals surface area contributed by atoms with Gasteiger partial charge in [0.05, 0.1) is 17.9 Å². The highest BCUT2D eigenvalue weighted by Gasteiger charge is 2.19. The van der Waals surface area contributed by atoms with Crippen LogP contribution in [0, 0.1) is 12.8 Å². The molecule has 3 heterocycles. The molecular weight excluding hydrogens is 352 g/mol. The maximum absolute atomic E-state index is 12.7. The third-order valence-electron chi connectivity index (χ3n) is 4.96. The van der Waals surface area contributed by atoms with E-state index in [0.717, 1.165) is 24.2 Å². The first-order valence-electron chi connectivity index (χ1n) is 9.43. The van der Waals surface area contributed by atoms with Crippen molar-refractivity contribution in [3.63, 3.8) is 0 Å². The number of pyridine rings is 1. The number of aryl methyl sites for hydroxylation is 1. The summed E-state index contributed by atoms with van der Waals surface area (Å²) in [5.74, 6) is 1.71. The van der Waals surface area contributed by atoms with Crippen molar-refractivity contribution in [1.82, 2.24) is 20.3 Å². The second-order valence-corrected chi connectivity index (χ2v) is 6.96. The summed E-state index contributed by atoms with van der Waals surface area (Å²) in [6.45, 7) is 3.09. The van der Waals surface area contributed by atoms with Gasteiger partial charge in [-0.15, -0.1) is 0 Å². The lowest BCUT2D eigenvalue weighted by Gasteiger charge is -2.15. The zero-order valence-corrected chi connectivity index (χ0v) is 15.8. The smallest absolute Gasteiger partial charge is 0.254 e. The molecule has 0 saturated carbocycles. The zero-order valence-electron chi connectivity index (χ0n) is 15.8. The Morgan fingerprint density at radius 3 is 2.93 bits per heavy atom. The number of amides is 1. The first kappa shape index (κ1) is 18.1. The minimum absolute atomic E-state index is 0.145. The summed E-state index contributed by atoms with van der Waals surface area (Å²) in [6, 6.07) is 11.8. The van der Waals surface area contributed by atoms with E-state index in [1.54, 1.807) is 18.6 Å². The molecule has 3 aromatic rings. The number of ether oxygens (including phenoxy) is 1. The highest BCUT2D eigenvalue weighted by molar-refractivity contribution is 5.95. The van der Waals surface area contributed by atoms with Crippen LogP contribution < -0.4 is 10.1 Å². The molecule has 0 bridgehead atoms. The Bertz CT molecular complexity index is 975. The van der Waals surface area contributed by atoms with Crippen molar-refractivity contribution in [3.8, 4) is 17.1 Å². The normalized spacial score (nSPS) is 15.8. The SMILES string of the molecule is Cc1nc(-c2cccnc2)ncc1C(=O)NC[C@H]1CCOc2ccccc2C1. The minimum atomic E-state index is -0.145. The van der Waals surface area contributed by atoms with E-state index in [0.29, 0.717) is 36.2 Å². The number of fused-ring (bicyclic) bond motifs is 1. The van der Waals surface area contributed by atoms with E-state index in [9.17, 15) is 4.79 Å². The van der Waals surface area contributed by atoms with Gasteiger partial charge in [-0.3, -0.25) is 9.78 Å². The molecule has 4 rings (SSSR count). The first-order chi connectivity index (χ1) is 13.7. The van der Waals surface area contributed by atoms with Crippen molar-refractivity contribution in [3.05, 3.63) is 71.8 Å². The molecule has 0 spiro atoms. The standard InChI is InChI=1S/C22H22N4O2/c1-15-19(14-24-21(26-15)18-6-4-9-23-13-18)22(27)25-12-16-8-10-28-20-7-3-2-5-17(20)11-16/h2-7,9,13-14,16H,8,10-12H2,1H3,(H,25,27)/t16-/m0/s1. The van der Waals surface area contributed by atoms with E-state index in [-0.39, 0.29) is 5.91 Å². The van der Waals surface area contributed by atoms with Crippen molar-refractivity contribution in [2.24, 2.45) is 5.92 Å². The van der Waals surface area contributed by atoms with Gasteiger partial charge in [0.15, 0.2) is 5.82 Å². The molecule has 28 heavy (non-hydrogen) atoms. The molecule has 1 atom stereocenters. The molecule has 1 aliphatic rings. The summed E-state index contributed by atoms with van der Waals surface area (Å²) in [5, 5.41) is 3.04. The predicted molar refractivity (Wildman–Crippen MR) is 106 cm³/mol. The van der Waals surface area contributed by atoms with Crippen LogP contribution in [-0.2, 0) is 6.42 Å². The van der Waals surface area contributed by atoms with Crippen LogP contribution in [0.2, 0.25) is 0 Å². The summed E-state index contributed by atoms with van der Waals surface area (Å²) in [4.78, 5) is 25.5. The molecule has 0 saturated heterocycles. The van der Waals surface area contributed by atoms with E-state index in [1.165, 1.54) is 5.56 Å². The van der Waals surface area contributed by atoms with Crippen LogP contribution in [0.3, 0.4) is 0 Å². The largest absolute Gasteiger partial charge is 0.493 e. The van der Waals surface area contributed by atoms with Gasteiger partial charge in [-0.05, 0) is 49.4 Å². The van der Waals surface area contributed by atoms with Gasteiger partial charge in [-0.2, -0.15) is 0 Å². The first-order valence-corrected chi connectivity index (χ1v) is 9.43. The maximum atomic E-state index is 12.7. The van der Waals surface area contributed by atoms with Crippen molar-refractivity contribution in [2.45, 2.75) is 19.8 Å². The van der Waals surface area contributed by atoms with Crippen LogP contribution in [0.4, 0.5) is 0 Å². The minimum Gasteiger partial charge on any atom is -0.493 e. The van der Waals surface area contributed by atoms with Crippen LogP contribution in [-0.4, -0.2) is 34.0 Å². The quantitative estimate of drug-likeness (QED) is 0.759. The second kappa shape index (κ2) is 8.17. The molecule has 1 amide bonds. The van der Waals surface area contributed by atoms with Gasteiger partial charge in [-0.1, -0.05) is 18.2 Å². The summed E-state index contributed by atoms with van der Waals surface area (Å²) in [6.07, 6.45) is 6.80. The average Bonchev–Trinajstić information content (AvgIpc) is 2.94. The summed E-state index contributed by atoms with van der Waals surface area (Å²) in [5.41, 5.74) is 3.17. The molecule has 0 unspecified atom stereocenters. The molecule has 6 heteroatoms. The average molecular weight is 374 g/mol. The predicted octanol–water partition coefficient (Wildman–Crippen LogP) is 3.22. The number of para-hydroxylation sites is 1. The van der Waals surface area contributed by atoms with Crippen molar-refractivity contribution in [1.29, 1.82) is 0 Å². The third kappa shape index (κ3) is 4.01. The van der Waals surface area contributed by atoms with Gasteiger partial charge in [0.2, 0.25) is 0 Å². The van der Waals surface area contributed by atoms with Gasteiger partial charge in [0, 0.05) is 30.7 Å². The number of aromatic nitrogens is 3. The van der Waals surface area contributed by atoms with Crippen LogP contribution in [0.25, 0.3) is 11.4 Å². The molecular formula is C22H22N4O2. The third-order valence-corrected chi connectivity index (χ3v) is 4.96. The summed E-state index contributed by atoms with van der Waals surface area (Å²) < 4.78 is 5.81. The fourth-order valence-corrected chi connectivity index (χ4v) is 3.39. The van der Waals surface area contributed by atoms with Crippen LogP contribution in [0.5, 0.6) is 5.75 Å². The molecule has 2 aromatic heterocycles. The Morgan fingerprint density at radius 2 is 2.11 bits per heavy atom. The number of hydrogen-bond donors (Lipinski definition) is 1. The summed E-state index contributed by atoms with van der Waals surface area (Å²) in [7, 11) is 0. The van der Waals surface area contributed by atoms with E-state index < -0.39 is 0 Å². The van der Waals surface area contributed by atoms with Crippen LogP contribution in [0.1, 0.15) is 28.0 Å². The number of rotatable bonds is 4. The lowest BCUT2D eigenvalue weighted by molar-refractivity contribution is 0.0944. The lowest BCUT2D eigenvalue weighted by Crippen LogP contribution is -2.31. The highest BCUT2D eigenvalue weighted by atomic mass is 16.5. The van der Waals surface area contributed by atoms with E-state index in [1.807, 2.05) is 37.3 Å².